The molecule has 0 spiro atoms. The second-order valence-electron chi connectivity index (χ2n) is 5.75. The van der Waals surface area contributed by atoms with E-state index < -0.39 is 0 Å². The molecule has 0 atom stereocenters. The number of H-pyrrole nitrogens is 1. The number of aromatic nitrogens is 1. The number of hydrogen-bond acceptors (Lipinski definition) is 3. The number of carbonyl (C=O) groups is 2. The number of hydrazine groups is 1. The van der Waals surface area contributed by atoms with Crippen molar-refractivity contribution in [3.05, 3.63) is 64.3 Å². The van der Waals surface area contributed by atoms with E-state index in [-0.39, 0.29) is 18.2 Å². The van der Waals surface area contributed by atoms with Crippen molar-refractivity contribution in [1.82, 2.24) is 15.8 Å². The summed E-state index contributed by atoms with van der Waals surface area (Å²) in [6.45, 7) is 0.296. The average Bonchev–Trinajstić information content (AvgIpc) is 3.10. The molecule has 0 unspecified atom stereocenters. The molecule has 0 saturated carbocycles. The van der Waals surface area contributed by atoms with Crippen molar-refractivity contribution in [2.24, 2.45) is 0 Å². The largest absolute Gasteiger partial charge is 0.492 e. The molecule has 0 aliphatic heterocycles. The third kappa shape index (κ3) is 4.72. The lowest BCUT2D eigenvalue weighted by Crippen LogP contribution is -2.41. The van der Waals surface area contributed by atoms with Gasteiger partial charge in [-0.3, -0.25) is 20.4 Å². The van der Waals surface area contributed by atoms with Gasteiger partial charge in [-0.25, -0.2) is 0 Å². The first-order chi connectivity index (χ1) is 13.1. The average molecular weight is 406 g/mol. The molecule has 8 heteroatoms. The summed E-state index contributed by atoms with van der Waals surface area (Å²) in [4.78, 5) is 27.1. The van der Waals surface area contributed by atoms with Crippen molar-refractivity contribution in [2.75, 3.05) is 6.61 Å². The number of fused-ring (bicyclic) bond motifs is 1. The first-order valence-corrected chi connectivity index (χ1v) is 9.04. The molecule has 3 N–H and O–H groups in total. The maximum atomic E-state index is 12.2. The number of rotatable bonds is 6. The monoisotopic (exact) mass is 405 g/mol. The van der Waals surface area contributed by atoms with Gasteiger partial charge in [-0.1, -0.05) is 47.5 Å². The SMILES string of the molecule is O=C(CCCOc1cccc(Cl)c1Cl)NNC(=O)c1c[nH]c2ccccc12. The van der Waals surface area contributed by atoms with Crippen LogP contribution in [0.2, 0.25) is 10.0 Å². The second kappa shape index (κ2) is 8.79. The number of hydrogen-bond donors (Lipinski definition) is 3. The topological polar surface area (TPSA) is 83.2 Å². The fraction of sp³-hybridized carbons (Fsp3) is 0.158. The summed E-state index contributed by atoms with van der Waals surface area (Å²) >= 11 is 11.9. The number of para-hydroxylation sites is 1. The summed E-state index contributed by atoms with van der Waals surface area (Å²) in [5, 5.41) is 1.54. The molecule has 0 bridgehead atoms. The molecule has 0 aliphatic rings. The van der Waals surface area contributed by atoms with Gasteiger partial charge >= 0.3 is 0 Å². The highest BCUT2D eigenvalue weighted by Crippen LogP contribution is 2.31. The number of benzene rings is 2. The van der Waals surface area contributed by atoms with Crippen LogP contribution in [0.25, 0.3) is 10.9 Å². The predicted octanol–water partition coefficient (Wildman–Crippen LogP) is 4.09. The number of ether oxygens (including phenoxy) is 1. The van der Waals surface area contributed by atoms with Gasteiger partial charge in [0.25, 0.3) is 5.91 Å². The zero-order valence-electron chi connectivity index (χ0n) is 14.2. The number of halogens is 2. The van der Waals surface area contributed by atoms with Crippen LogP contribution in [0.3, 0.4) is 0 Å². The van der Waals surface area contributed by atoms with Crippen molar-refractivity contribution in [2.45, 2.75) is 12.8 Å². The smallest absolute Gasteiger partial charge is 0.271 e. The Morgan fingerprint density at radius 1 is 1.04 bits per heavy atom. The highest BCUT2D eigenvalue weighted by Gasteiger charge is 2.12. The second-order valence-corrected chi connectivity index (χ2v) is 6.54. The van der Waals surface area contributed by atoms with Crippen LogP contribution in [0.5, 0.6) is 5.75 Å². The van der Waals surface area contributed by atoms with Gasteiger partial charge in [-0.05, 0) is 24.6 Å². The Hall–Kier alpha value is -2.70. The number of aromatic amines is 1. The number of nitrogens with one attached hydrogen (secondary N) is 3. The number of carbonyl (C=O) groups excluding carboxylic acids is 2. The van der Waals surface area contributed by atoms with Crippen LogP contribution < -0.4 is 15.6 Å². The lowest BCUT2D eigenvalue weighted by molar-refractivity contribution is -0.122. The zero-order chi connectivity index (χ0) is 19.2. The molecule has 0 aliphatic carbocycles. The molecule has 6 nitrogen and oxygen atoms in total. The summed E-state index contributed by atoms with van der Waals surface area (Å²) in [6.07, 6.45) is 2.25. The van der Waals surface area contributed by atoms with Gasteiger partial charge in [0.05, 0.1) is 17.2 Å². The molecule has 140 valence electrons. The van der Waals surface area contributed by atoms with Crippen LogP contribution in [0.15, 0.2) is 48.7 Å². The minimum atomic E-state index is -0.386. The van der Waals surface area contributed by atoms with E-state index in [9.17, 15) is 9.59 Å². The predicted molar refractivity (Wildman–Crippen MR) is 105 cm³/mol. The molecule has 2 aromatic carbocycles. The van der Waals surface area contributed by atoms with Crippen LogP contribution >= 0.6 is 23.2 Å². The molecule has 2 amide bonds. The van der Waals surface area contributed by atoms with E-state index in [1.807, 2.05) is 24.3 Å². The van der Waals surface area contributed by atoms with Crippen LogP contribution in [0.4, 0.5) is 0 Å². The fourth-order valence-corrected chi connectivity index (χ4v) is 2.87. The molecule has 1 aromatic heterocycles. The summed E-state index contributed by atoms with van der Waals surface area (Å²) in [7, 11) is 0. The Bertz CT molecular complexity index is 972. The molecule has 0 saturated heterocycles. The maximum absolute atomic E-state index is 12.2. The zero-order valence-corrected chi connectivity index (χ0v) is 15.7. The standard InChI is InChI=1S/C19H17Cl2N3O3/c20-14-6-3-8-16(18(14)21)27-10-4-9-17(25)23-24-19(26)13-11-22-15-7-2-1-5-12(13)15/h1-3,5-8,11,22H,4,9-10H2,(H,23,25)(H,24,26). The maximum Gasteiger partial charge on any atom is 0.271 e. The lowest BCUT2D eigenvalue weighted by atomic mass is 10.2. The third-order valence-electron chi connectivity index (χ3n) is 3.87. The lowest BCUT2D eigenvalue weighted by Gasteiger charge is -2.09. The van der Waals surface area contributed by atoms with Gasteiger partial charge in [0.2, 0.25) is 5.91 Å². The molecular formula is C19H17Cl2N3O3. The van der Waals surface area contributed by atoms with Gasteiger partial charge in [0.1, 0.15) is 10.8 Å². The molecule has 0 fully saturated rings. The van der Waals surface area contributed by atoms with E-state index in [4.69, 9.17) is 27.9 Å². The third-order valence-corrected chi connectivity index (χ3v) is 4.67. The summed E-state index contributed by atoms with van der Waals surface area (Å²) < 4.78 is 5.51. The van der Waals surface area contributed by atoms with Gasteiger partial charge < -0.3 is 9.72 Å². The summed E-state index contributed by atoms with van der Waals surface area (Å²) in [5.41, 5.74) is 6.13. The molecule has 0 radical (unpaired) electrons. The van der Waals surface area contributed by atoms with Gasteiger partial charge in [-0.2, -0.15) is 0 Å². The fourth-order valence-electron chi connectivity index (χ4n) is 2.53. The van der Waals surface area contributed by atoms with Gasteiger partial charge in [0, 0.05) is 23.5 Å². The summed E-state index contributed by atoms with van der Waals surface area (Å²) in [5.74, 6) is -0.232. The first kappa shape index (κ1) is 19.1. The van der Waals surface area contributed by atoms with Crippen molar-refractivity contribution in [3.8, 4) is 5.75 Å². The van der Waals surface area contributed by atoms with E-state index in [1.165, 1.54) is 0 Å². The van der Waals surface area contributed by atoms with Crippen molar-refractivity contribution >= 4 is 45.9 Å². The minimum Gasteiger partial charge on any atom is -0.492 e. The Morgan fingerprint density at radius 2 is 1.85 bits per heavy atom. The van der Waals surface area contributed by atoms with E-state index in [0.29, 0.717) is 34.4 Å². The highest BCUT2D eigenvalue weighted by molar-refractivity contribution is 6.42. The first-order valence-electron chi connectivity index (χ1n) is 8.28. The van der Waals surface area contributed by atoms with E-state index >= 15 is 0 Å². The minimum absolute atomic E-state index is 0.187. The molecular weight excluding hydrogens is 389 g/mol. The van der Waals surface area contributed by atoms with Crippen molar-refractivity contribution < 1.29 is 14.3 Å². The van der Waals surface area contributed by atoms with E-state index in [1.54, 1.807) is 24.4 Å². The molecule has 3 aromatic rings. The Morgan fingerprint density at radius 3 is 2.70 bits per heavy atom. The Balaban J connectivity index is 1.42. The van der Waals surface area contributed by atoms with Crippen LogP contribution in [0, 0.1) is 0 Å². The molecule has 1 heterocycles. The molecule has 27 heavy (non-hydrogen) atoms. The van der Waals surface area contributed by atoms with Crippen molar-refractivity contribution in [1.29, 1.82) is 0 Å². The quantitative estimate of drug-likeness (QED) is 0.426. The normalized spacial score (nSPS) is 10.6. The van der Waals surface area contributed by atoms with Crippen LogP contribution in [-0.2, 0) is 4.79 Å². The summed E-state index contributed by atoms with van der Waals surface area (Å²) in [6, 6.07) is 12.5. The Labute approximate surface area is 165 Å². The highest BCUT2D eigenvalue weighted by atomic mass is 35.5. The van der Waals surface area contributed by atoms with Crippen LogP contribution in [0.1, 0.15) is 23.2 Å². The van der Waals surface area contributed by atoms with E-state index in [2.05, 4.69) is 15.8 Å². The van der Waals surface area contributed by atoms with Gasteiger partial charge in [-0.15, -0.1) is 0 Å². The van der Waals surface area contributed by atoms with Gasteiger partial charge in [0.15, 0.2) is 0 Å². The van der Waals surface area contributed by atoms with Crippen molar-refractivity contribution in [3.63, 3.8) is 0 Å². The molecule has 3 rings (SSSR count). The Kier molecular flexibility index (Phi) is 6.21. The van der Waals surface area contributed by atoms with E-state index in [0.717, 1.165) is 10.9 Å². The number of amides is 2. The van der Waals surface area contributed by atoms with Crippen LogP contribution in [-0.4, -0.2) is 23.4 Å².